The highest BCUT2D eigenvalue weighted by Crippen LogP contribution is 2.30. The average Bonchev–Trinajstić information content (AvgIpc) is 3.18. The first-order valence-electron chi connectivity index (χ1n) is 8.90. The summed E-state index contributed by atoms with van der Waals surface area (Å²) in [5.74, 6) is 0.413. The van der Waals surface area contributed by atoms with Crippen molar-refractivity contribution in [3.8, 4) is 5.75 Å². The van der Waals surface area contributed by atoms with Gasteiger partial charge in [-0.3, -0.25) is 9.79 Å². The van der Waals surface area contributed by atoms with Crippen LogP contribution in [0.15, 0.2) is 86.7 Å². The Hall–Kier alpha value is -3.38. The number of furan rings is 1. The minimum Gasteiger partial charge on any atom is -0.494 e. The Kier molecular flexibility index (Phi) is 5.44. The van der Waals surface area contributed by atoms with Crippen LogP contribution in [-0.4, -0.2) is 19.2 Å². The standard InChI is InChI=1S/C23H17BrN2O3/c1-28-21-13-18(25-14-15-6-8-17(24)9-7-15)10-11-19(21)26-23(27)22-12-16-4-2-3-5-20(16)29-22/h2-14H,1H3,(H,26,27). The summed E-state index contributed by atoms with van der Waals surface area (Å²) >= 11 is 3.41. The number of carbonyl (C=O) groups excluding carboxylic acids is 1. The van der Waals surface area contributed by atoms with Gasteiger partial charge in [0.25, 0.3) is 5.91 Å². The summed E-state index contributed by atoms with van der Waals surface area (Å²) in [7, 11) is 1.55. The third-order valence-electron chi connectivity index (χ3n) is 4.32. The lowest BCUT2D eigenvalue weighted by molar-refractivity contribution is 0.0998. The maximum atomic E-state index is 12.6. The number of ether oxygens (including phenoxy) is 1. The number of benzene rings is 3. The van der Waals surface area contributed by atoms with E-state index in [4.69, 9.17) is 9.15 Å². The summed E-state index contributed by atoms with van der Waals surface area (Å²) in [5.41, 5.74) is 2.91. The fourth-order valence-corrected chi connectivity index (χ4v) is 3.10. The van der Waals surface area contributed by atoms with Crippen LogP contribution in [0.5, 0.6) is 5.75 Å². The third-order valence-corrected chi connectivity index (χ3v) is 4.84. The first-order chi connectivity index (χ1) is 14.1. The second kappa shape index (κ2) is 8.32. The zero-order chi connectivity index (χ0) is 20.2. The molecule has 29 heavy (non-hydrogen) atoms. The number of rotatable bonds is 5. The molecule has 0 atom stereocenters. The molecule has 1 N–H and O–H groups in total. The monoisotopic (exact) mass is 448 g/mol. The Morgan fingerprint density at radius 1 is 1.07 bits per heavy atom. The number of aliphatic imine (C=N–C) groups is 1. The number of methoxy groups -OCH3 is 1. The molecular formula is C23H17BrN2O3. The van der Waals surface area contributed by atoms with Gasteiger partial charge in [-0.2, -0.15) is 0 Å². The molecule has 0 unspecified atom stereocenters. The van der Waals surface area contributed by atoms with E-state index in [1.54, 1.807) is 31.5 Å². The molecule has 0 radical (unpaired) electrons. The number of nitrogens with zero attached hydrogens (tertiary/aromatic N) is 1. The zero-order valence-corrected chi connectivity index (χ0v) is 17.1. The van der Waals surface area contributed by atoms with Gasteiger partial charge in [-0.05, 0) is 42.0 Å². The quantitative estimate of drug-likeness (QED) is 0.369. The lowest BCUT2D eigenvalue weighted by atomic mass is 10.2. The fourth-order valence-electron chi connectivity index (χ4n) is 2.84. The van der Waals surface area contributed by atoms with Crippen molar-refractivity contribution >= 4 is 50.4 Å². The minimum atomic E-state index is -0.342. The molecule has 4 rings (SSSR count). The molecule has 0 aliphatic heterocycles. The van der Waals surface area contributed by atoms with E-state index in [2.05, 4.69) is 26.2 Å². The highest BCUT2D eigenvalue weighted by Gasteiger charge is 2.14. The van der Waals surface area contributed by atoms with Crippen LogP contribution < -0.4 is 10.1 Å². The van der Waals surface area contributed by atoms with Crippen molar-refractivity contribution < 1.29 is 13.9 Å². The number of hydrogen-bond acceptors (Lipinski definition) is 4. The highest BCUT2D eigenvalue weighted by molar-refractivity contribution is 9.10. The topological polar surface area (TPSA) is 63.8 Å². The van der Waals surface area contributed by atoms with Crippen LogP contribution in [-0.2, 0) is 0 Å². The van der Waals surface area contributed by atoms with Gasteiger partial charge >= 0.3 is 0 Å². The van der Waals surface area contributed by atoms with E-state index in [1.807, 2.05) is 54.6 Å². The lowest BCUT2D eigenvalue weighted by Crippen LogP contribution is -2.11. The summed E-state index contributed by atoms with van der Waals surface area (Å²) in [4.78, 5) is 17.1. The number of halogens is 1. The van der Waals surface area contributed by atoms with Crippen molar-refractivity contribution in [2.45, 2.75) is 0 Å². The fraction of sp³-hybridized carbons (Fsp3) is 0.0435. The first-order valence-corrected chi connectivity index (χ1v) is 9.69. The predicted octanol–water partition coefficient (Wildman–Crippen LogP) is 6.21. The Bertz CT molecular complexity index is 1160. The molecule has 4 aromatic rings. The number of para-hydroxylation sites is 1. The van der Waals surface area contributed by atoms with E-state index in [9.17, 15) is 4.79 Å². The van der Waals surface area contributed by atoms with Gasteiger partial charge in [0, 0.05) is 22.1 Å². The van der Waals surface area contributed by atoms with E-state index in [-0.39, 0.29) is 11.7 Å². The summed E-state index contributed by atoms with van der Waals surface area (Å²) < 4.78 is 12.1. The number of hydrogen-bond donors (Lipinski definition) is 1. The van der Waals surface area contributed by atoms with Crippen molar-refractivity contribution in [1.82, 2.24) is 0 Å². The lowest BCUT2D eigenvalue weighted by Gasteiger charge is -2.10. The molecule has 1 amide bonds. The van der Waals surface area contributed by atoms with Gasteiger partial charge in [-0.1, -0.05) is 46.3 Å². The summed E-state index contributed by atoms with van der Waals surface area (Å²) in [5, 5.41) is 3.71. The number of anilines is 1. The van der Waals surface area contributed by atoms with Gasteiger partial charge in [0.15, 0.2) is 5.76 Å². The van der Waals surface area contributed by atoms with Crippen molar-refractivity contribution in [2.75, 3.05) is 12.4 Å². The maximum absolute atomic E-state index is 12.6. The van der Waals surface area contributed by atoms with Crippen molar-refractivity contribution in [2.24, 2.45) is 4.99 Å². The largest absolute Gasteiger partial charge is 0.494 e. The SMILES string of the molecule is COc1cc(N=Cc2ccc(Br)cc2)ccc1NC(=O)c1cc2ccccc2o1. The van der Waals surface area contributed by atoms with Gasteiger partial charge in [0.2, 0.25) is 0 Å². The Morgan fingerprint density at radius 2 is 1.86 bits per heavy atom. The summed E-state index contributed by atoms with van der Waals surface area (Å²) in [6.45, 7) is 0. The second-order valence-corrected chi connectivity index (χ2v) is 7.21. The van der Waals surface area contributed by atoms with Crippen LogP contribution in [0.3, 0.4) is 0 Å². The molecule has 3 aromatic carbocycles. The molecule has 0 fully saturated rings. The Morgan fingerprint density at radius 3 is 2.62 bits per heavy atom. The molecule has 0 bridgehead atoms. The molecule has 0 saturated heterocycles. The van der Waals surface area contributed by atoms with Gasteiger partial charge in [0.05, 0.1) is 18.5 Å². The summed E-state index contributed by atoms with van der Waals surface area (Å²) in [6, 6.07) is 22.4. The molecule has 1 aromatic heterocycles. The van der Waals surface area contributed by atoms with Crippen molar-refractivity contribution in [3.63, 3.8) is 0 Å². The van der Waals surface area contributed by atoms with Gasteiger partial charge < -0.3 is 14.5 Å². The number of carbonyl (C=O) groups is 1. The van der Waals surface area contributed by atoms with Crippen LogP contribution in [0.4, 0.5) is 11.4 Å². The molecule has 0 aliphatic rings. The van der Waals surface area contributed by atoms with Gasteiger partial charge in [-0.25, -0.2) is 0 Å². The van der Waals surface area contributed by atoms with E-state index >= 15 is 0 Å². The molecule has 0 aliphatic carbocycles. The molecular weight excluding hydrogens is 432 g/mol. The molecule has 144 valence electrons. The average molecular weight is 449 g/mol. The summed E-state index contributed by atoms with van der Waals surface area (Å²) in [6.07, 6.45) is 1.77. The highest BCUT2D eigenvalue weighted by atomic mass is 79.9. The molecule has 6 heteroatoms. The molecule has 5 nitrogen and oxygen atoms in total. The van der Waals surface area contributed by atoms with Gasteiger partial charge in [0.1, 0.15) is 11.3 Å². The zero-order valence-electron chi connectivity index (χ0n) is 15.6. The van der Waals surface area contributed by atoms with Crippen LogP contribution in [0, 0.1) is 0 Å². The van der Waals surface area contributed by atoms with Crippen molar-refractivity contribution in [3.05, 3.63) is 88.6 Å². The second-order valence-electron chi connectivity index (χ2n) is 6.30. The van der Waals surface area contributed by atoms with E-state index in [0.717, 1.165) is 15.4 Å². The van der Waals surface area contributed by atoms with Crippen LogP contribution in [0.1, 0.15) is 16.1 Å². The minimum absolute atomic E-state index is 0.241. The van der Waals surface area contributed by atoms with Gasteiger partial charge in [-0.15, -0.1) is 0 Å². The number of fused-ring (bicyclic) bond motifs is 1. The molecule has 0 spiro atoms. The number of nitrogens with one attached hydrogen (secondary N) is 1. The maximum Gasteiger partial charge on any atom is 0.291 e. The van der Waals surface area contributed by atoms with Crippen LogP contribution in [0.25, 0.3) is 11.0 Å². The Labute approximate surface area is 176 Å². The van der Waals surface area contributed by atoms with E-state index in [1.165, 1.54) is 0 Å². The predicted molar refractivity (Wildman–Crippen MR) is 119 cm³/mol. The first kappa shape index (κ1) is 19.0. The van der Waals surface area contributed by atoms with E-state index in [0.29, 0.717) is 22.7 Å². The van der Waals surface area contributed by atoms with E-state index < -0.39 is 0 Å². The smallest absolute Gasteiger partial charge is 0.291 e. The normalized spacial score (nSPS) is 11.1. The van der Waals surface area contributed by atoms with Crippen molar-refractivity contribution in [1.29, 1.82) is 0 Å². The third kappa shape index (κ3) is 4.38. The molecule has 1 heterocycles. The molecule has 0 saturated carbocycles. The van der Waals surface area contributed by atoms with Crippen LogP contribution in [0.2, 0.25) is 0 Å². The Balaban J connectivity index is 1.53. The van der Waals surface area contributed by atoms with Crippen LogP contribution >= 0.6 is 15.9 Å². The number of amides is 1.